The maximum absolute atomic E-state index is 6.08. The highest BCUT2D eigenvalue weighted by Gasteiger charge is 2.53. The molecule has 0 aromatic heterocycles. The Balaban J connectivity index is 2.15. The largest absolute Gasteiger partial charge is 0.344 e. The van der Waals surface area contributed by atoms with Gasteiger partial charge in [-0.1, -0.05) is 13.3 Å². The van der Waals surface area contributed by atoms with E-state index in [2.05, 4.69) is 20.8 Å². The standard InChI is InChI=1S/C11H20O2/c1-4-7-10(2)9-6-5-8-11(3,12-9)13-10/h9H,4-8H2,1-3H3/t9-,10?,11-/m1/s1. The molecular weight excluding hydrogens is 164 g/mol. The summed E-state index contributed by atoms with van der Waals surface area (Å²) in [6.45, 7) is 6.50. The zero-order valence-corrected chi connectivity index (χ0v) is 8.93. The molecule has 3 atom stereocenters. The van der Waals surface area contributed by atoms with Gasteiger partial charge in [-0.05, 0) is 33.1 Å². The molecule has 2 bridgehead atoms. The fourth-order valence-electron chi connectivity index (χ4n) is 2.80. The Morgan fingerprint density at radius 3 is 2.77 bits per heavy atom. The second-order valence-electron chi connectivity index (χ2n) is 4.80. The van der Waals surface area contributed by atoms with Crippen LogP contribution in [0.5, 0.6) is 0 Å². The first-order valence-electron chi connectivity index (χ1n) is 5.46. The molecule has 0 aromatic carbocycles. The highest BCUT2D eigenvalue weighted by molar-refractivity contribution is 4.96. The van der Waals surface area contributed by atoms with Crippen LogP contribution in [0.2, 0.25) is 0 Å². The Kier molecular flexibility index (Phi) is 2.16. The molecule has 2 aliphatic heterocycles. The van der Waals surface area contributed by atoms with Crippen LogP contribution in [0.4, 0.5) is 0 Å². The molecule has 0 radical (unpaired) electrons. The third-order valence-corrected chi connectivity index (χ3v) is 3.37. The van der Waals surface area contributed by atoms with E-state index in [1.165, 1.54) is 19.3 Å². The highest BCUT2D eigenvalue weighted by atomic mass is 16.8. The molecule has 0 saturated carbocycles. The van der Waals surface area contributed by atoms with E-state index < -0.39 is 0 Å². The summed E-state index contributed by atoms with van der Waals surface area (Å²) in [6, 6.07) is 0. The second-order valence-corrected chi connectivity index (χ2v) is 4.80. The predicted octanol–water partition coefficient (Wildman–Crippen LogP) is 2.86. The third kappa shape index (κ3) is 1.50. The summed E-state index contributed by atoms with van der Waals surface area (Å²) in [7, 11) is 0. The molecule has 1 unspecified atom stereocenters. The Morgan fingerprint density at radius 2 is 2.15 bits per heavy atom. The predicted molar refractivity (Wildman–Crippen MR) is 51.5 cm³/mol. The smallest absolute Gasteiger partial charge is 0.166 e. The van der Waals surface area contributed by atoms with Crippen LogP contribution >= 0.6 is 0 Å². The SMILES string of the molecule is CCCC1(C)O[C@]2(C)CCC[C@H]1O2. The molecule has 2 heterocycles. The Morgan fingerprint density at radius 1 is 1.38 bits per heavy atom. The topological polar surface area (TPSA) is 18.5 Å². The van der Waals surface area contributed by atoms with Crippen LogP contribution in [0, 0.1) is 0 Å². The van der Waals surface area contributed by atoms with E-state index in [-0.39, 0.29) is 11.4 Å². The molecule has 2 saturated heterocycles. The van der Waals surface area contributed by atoms with Gasteiger partial charge in [0.1, 0.15) is 0 Å². The number of ether oxygens (including phenoxy) is 2. The molecular formula is C11H20O2. The zero-order valence-electron chi connectivity index (χ0n) is 8.93. The summed E-state index contributed by atoms with van der Waals surface area (Å²) in [5.74, 6) is -0.271. The molecule has 0 spiro atoms. The molecule has 2 rings (SSSR count). The van der Waals surface area contributed by atoms with Crippen LogP contribution in [-0.4, -0.2) is 17.5 Å². The number of rotatable bonds is 2. The minimum Gasteiger partial charge on any atom is -0.344 e. The van der Waals surface area contributed by atoms with Crippen molar-refractivity contribution in [3.8, 4) is 0 Å². The van der Waals surface area contributed by atoms with Crippen molar-refractivity contribution in [2.45, 2.75) is 70.4 Å². The number of fused-ring (bicyclic) bond motifs is 2. The van der Waals surface area contributed by atoms with Gasteiger partial charge in [0.15, 0.2) is 5.79 Å². The number of hydrogen-bond acceptors (Lipinski definition) is 2. The Labute approximate surface area is 80.6 Å². The fraction of sp³-hybridized carbons (Fsp3) is 1.00. The van der Waals surface area contributed by atoms with Crippen molar-refractivity contribution in [1.29, 1.82) is 0 Å². The van der Waals surface area contributed by atoms with E-state index in [1.807, 2.05) is 0 Å². The lowest BCUT2D eigenvalue weighted by Gasteiger charge is -2.27. The first-order valence-corrected chi connectivity index (χ1v) is 5.46. The zero-order chi connectivity index (χ0) is 9.53. The average molecular weight is 184 g/mol. The first-order chi connectivity index (χ1) is 6.08. The molecule has 76 valence electrons. The van der Waals surface area contributed by atoms with Gasteiger partial charge in [-0.25, -0.2) is 0 Å². The Bertz CT molecular complexity index is 204. The van der Waals surface area contributed by atoms with E-state index >= 15 is 0 Å². The minimum atomic E-state index is -0.271. The summed E-state index contributed by atoms with van der Waals surface area (Å²) < 4.78 is 12.0. The van der Waals surface area contributed by atoms with Crippen LogP contribution < -0.4 is 0 Å². The van der Waals surface area contributed by atoms with Crippen molar-refractivity contribution in [3.63, 3.8) is 0 Å². The van der Waals surface area contributed by atoms with Crippen LogP contribution in [0.3, 0.4) is 0 Å². The van der Waals surface area contributed by atoms with Crippen molar-refractivity contribution < 1.29 is 9.47 Å². The monoisotopic (exact) mass is 184 g/mol. The van der Waals surface area contributed by atoms with Gasteiger partial charge in [-0.15, -0.1) is 0 Å². The molecule has 2 aliphatic rings. The van der Waals surface area contributed by atoms with Crippen molar-refractivity contribution in [2.24, 2.45) is 0 Å². The summed E-state index contributed by atoms with van der Waals surface area (Å²) >= 11 is 0. The third-order valence-electron chi connectivity index (χ3n) is 3.37. The van der Waals surface area contributed by atoms with Gasteiger partial charge in [0.25, 0.3) is 0 Å². The summed E-state index contributed by atoms with van der Waals surface area (Å²) in [4.78, 5) is 0. The Hall–Kier alpha value is -0.0800. The molecule has 13 heavy (non-hydrogen) atoms. The van der Waals surface area contributed by atoms with E-state index in [1.54, 1.807) is 0 Å². The molecule has 2 fully saturated rings. The summed E-state index contributed by atoms with van der Waals surface area (Å²) in [6.07, 6.45) is 6.11. The van der Waals surface area contributed by atoms with E-state index in [9.17, 15) is 0 Å². The van der Waals surface area contributed by atoms with Crippen molar-refractivity contribution >= 4 is 0 Å². The lowest BCUT2D eigenvalue weighted by atomic mass is 9.90. The van der Waals surface area contributed by atoms with E-state index in [0.29, 0.717) is 6.10 Å². The van der Waals surface area contributed by atoms with Crippen LogP contribution in [-0.2, 0) is 9.47 Å². The normalized spacial score (nSPS) is 49.6. The first kappa shape index (κ1) is 9.47. The van der Waals surface area contributed by atoms with E-state index in [0.717, 1.165) is 12.8 Å². The van der Waals surface area contributed by atoms with Crippen molar-refractivity contribution in [3.05, 3.63) is 0 Å². The number of hydrogen-bond donors (Lipinski definition) is 0. The summed E-state index contributed by atoms with van der Waals surface area (Å²) in [5, 5.41) is 0. The molecule has 2 heteroatoms. The maximum atomic E-state index is 6.08. The minimum absolute atomic E-state index is 0.0139. The lowest BCUT2D eigenvalue weighted by molar-refractivity contribution is -0.188. The van der Waals surface area contributed by atoms with Crippen molar-refractivity contribution in [1.82, 2.24) is 0 Å². The van der Waals surface area contributed by atoms with Crippen LogP contribution in [0.15, 0.2) is 0 Å². The van der Waals surface area contributed by atoms with Crippen LogP contribution in [0.25, 0.3) is 0 Å². The fourth-order valence-corrected chi connectivity index (χ4v) is 2.80. The van der Waals surface area contributed by atoms with Gasteiger partial charge in [0, 0.05) is 6.42 Å². The van der Waals surface area contributed by atoms with Gasteiger partial charge in [0.2, 0.25) is 0 Å². The van der Waals surface area contributed by atoms with Gasteiger partial charge >= 0.3 is 0 Å². The molecule has 0 amide bonds. The van der Waals surface area contributed by atoms with Gasteiger partial charge in [-0.3, -0.25) is 0 Å². The summed E-state index contributed by atoms with van der Waals surface area (Å²) in [5.41, 5.74) is -0.0139. The molecule has 0 aromatic rings. The average Bonchev–Trinajstić information content (AvgIpc) is 2.19. The van der Waals surface area contributed by atoms with Gasteiger partial charge in [0.05, 0.1) is 11.7 Å². The van der Waals surface area contributed by atoms with Crippen molar-refractivity contribution in [2.75, 3.05) is 0 Å². The van der Waals surface area contributed by atoms with Crippen LogP contribution in [0.1, 0.15) is 52.9 Å². The second kappa shape index (κ2) is 2.96. The van der Waals surface area contributed by atoms with Gasteiger partial charge < -0.3 is 9.47 Å². The molecule has 2 nitrogen and oxygen atoms in total. The highest BCUT2D eigenvalue weighted by Crippen LogP contribution is 2.47. The quantitative estimate of drug-likeness (QED) is 0.657. The van der Waals surface area contributed by atoms with Gasteiger partial charge in [-0.2, -0.15) is 0 Å². The molecule has 0 N–H and O–H groups in total. The van der Waals surface area contributed by atoms with E-state index in [4.69, 9.17) is 9.47 Å². The lowest BCUT2D eigenvalue weighted by Crippen LogP contribution is -2.35. The maximum Gasteiger partial charge on any atom is 0.166 e. The molecule has 0 aliphatic carbocycles.